The highest BCUT2D eigenvalue weighted by Crippen LogP contribution is 2.13. The molecule has 0 radical (unpaired) electrons. The van der Waals surface area contributed by atoms with Crippen LogP contribution in [-0.4, -0.2) is 25.2 Å². The number of ether oxygens (including phenoxy) is 1. The number of anilines is 2. The Morgan fingerprint density at radius 1 is 1.64 bits per heavy atom. The molecular weight excluding hydrogens is 178 g/mol. The van der Waals surface area contributed by atoms with E-state index >= 15 is 0 Å². The van der Waals surface area contributed by atoms with Crippen molar-refractivity contribution in [2.24, 2.45) is 5.92 Å². The van der Waals surface area contributed by atoms with Gasteiger partial charge in [-0.2, -0.15) is 0 Å². The molecule has 1 rings (SSSR count). The third-order valence-electron chi connectivity index (χ3n) is 1.91. The number of nitrogens with one attached hydrogen (secondary N) is 1. The predicted molar refractivity (Wildman–Crippen MR) is 58.2 cm³/mol. The Morgan fingerprint density at radius 3 is 3.07 bits per heavy atom. The van der Waals surface area contributed by atoms with Crippen molar-refractivity contribution in [3.05, 3.63) is 18.3 Å². The number of aromatic nitrogens is 1. The van der Waals surface area contributed by atoms with E-state index in [1.54, 1.807) is 13.3 Å². The van der Waals surface area contributed by atoms with Crippen molar-refractivity contribution < 1.29 is 4.74 Å². The summed E-state index contributed by atoms with van der Waals surface area (Å²) >= 11 is 0. The fourth-order valence-corrected chi connectivity index (χ4v) is 1.18. The number of hydrogen-bond donors (Lipinski definition) is 2. The maximum absolute atomic E-state index is 5.72. The van der Waals surface area contributed by atoms with Crippen LogP contribution in [0.3, 0.4) is 0 Å². The van der Waals surface area contributed by atoms with Gasteiger partial charge in [0.2, 0.25) is 0 Å². The second-order valence-electron chi connectivity index (χ2n) is 3.38. The van der Waals surface area contributed by atoms with E-state index in [2.05, 4.69) is 17.2 Å². The second-order valence-corrected chi connectivity index (χ2v) is 3.38. The molecule has 4 nitrogen and oxygen atoms in total. The summed E-state index contributed by atoms with van der Waals surface area (Å²) in [6.07, 6.45) is 1.72. The van der Waals surface area contributed by atoms with Gasteiger partial charge in [0.15, 0.2) is 0 Å². The fourth-order valence-electron chi connectivity index (χ4n) is 1.18. The SMILES string of the molecule is COCC(C)CNc1ncccc1N. The third-order valence-corrected chi connectivity index (χ3v) is 1.91. The van der Waals surface area contributed by atoms with Gasteiger partial charge in [-0.3, -0.25) is 0 Å². The summed E-state index contributed by atoms with van der Waals surface area (Å²) in [6.45, 7) is 3.66. The molecule has 1 unspecified atom stereocenters. The van der Waals surface area contributed by atoms with Gasteiger partial charge in [0.05, 0.1) is 12.3 Å². The van der Waals surface area contributed by atoms with Crippen LogP contribution in [0.1, 0.15) is 6.92 Å². The van der Waals surface area contributed by atoms with Gasteiger partial charge in [0.25, 0.3) is 0 Å². The molecule has 0 saturated carbocycles. The number of nitrogens with two attached hydrogens (primary N) is 1. The molecule has 0 bridgehead atoms. The summed E-state index contributed by atoms with van der Waals surface area (Å²) in [5.41, 5.74) is 6.40. The Balaban J connectivity index is 2.41. The van der Waals surface area contributed by atoms with Crippen molar-refractivity contribution >= 4 is 11.5 Å². The highest BCUT2D eigenvalue weighted by Gasteiger charge is 2.03. The van der Waals surface area contributed by atoms with Gasteiger partial charge in [-0.25, -0.2) is 4.98 Å². The van der Waals surface area contributed by atoms with Gasteiger partial charge < -0.3 is 15.8 Å². The standard InChI is InChI=1S/C10H17N3O/c1-8(7-14-2)6-13-10-9(11)4-3-5-12-10/h3-5,8H,6-7,11H2,1-2H3,(H,12,13). The summed E-state index contributed by atoms with van der Waals surface area (Å²) in [5, 5.41) is 3.18. The Morgan fingerprint density at radius 2 is 2.43 bits per heavy atom. The van der Waals surface area contributed by atoms with Crippen molar-refractivity contribution in [3.8, 4) is 0 Å². The summed E-state index contributed by atoms with van der Waals surface area (Å²) < 4.78 is 5.03. The second kappa shape index (κ2) is 5.44. The lowest BCUT2D eigenvalue weighted by Gasteiger charge is -2.12. The van der Waals surface area contributed by atoms with E-state index in [4.69, 9.17) is 10.5 Å². The van der Waals surface area contributed by atoms with Gasteiger partial charge in [-0.1, -0.05) is 6.92 Å². The molecule has 0 aliphatic carbocycles. The van der Waals surface area contributed by atoms with Crippen LogP contribution in [0, 0.1) is 5.92 Å². The molecule has 1 aromatic rings. The predicted octanol–water partition coefficient (Wildman–Crippen LogP) is 1.36. The summed E-state index contributed by atoms with van der Waals surface area (Å²) in [7, 11) is 1.70. The Bertz CT molecular complexity index is 278. The highest BCUT2D eigenvalue weighted by atomic mass is 16.5. The molecule has 0 spiro atoms. The summed E-state index contributed by atoms with van der Waals surface area (Å²) in [5.74, 6) is 1.19. The van der Waals surface area contributed by atoms with E-state index in [0.717, 1.165) is 19.0 Å². The molecular formula is C10H17N3O. The first-order valence-corrected chi connectivity index (χ1v) is 4.67. The van der Waals surface area contributed by atoms with Crippen molar-refractivity contribution in [2.45, 2.75) is 6.92 Å². The minimum atomic E-state index is 0.446. The number of pyridine rings is 1. The maximum Gasteiger partial charge on any atom is 0.149 e. The normalized spacial score (nSPS) is 12.4. The topological polar surface area (TPSA) is 60.2 Å². The lowest BCUT2D eigenvalue weighted by molar-refractivity contribution is 0.164. The average Bonchev–Trinajstić information content (AvgIpc) is 2.17. The fraction of sp³-hybridized carbons (Fsp3) is 0.500. The maximum atomic E-state index is 5.72. The Kier molecular flexibility index (Phi) is 4.19. The van der Waals surface area contributed by atoms with Gasteiger partial charge in [-0.05, 0) is 18.1 Å². The van der Waals surface area contributed by atoms with Crippen LogP contribution < -0.4 is 11.1 Å². The van der Waals surface area contributed by atoms with E-state index in [0.29, 0.717) is 11.6 Å². The van der Waals surface area contributed by atoms with Crippen molar-refractivity contribution in [1.29, 1.82) is 0 Å². The van der Waals surface area contributed by atoms with E-state index in [9.17, 15) is 0 Å². The number of nitrogen functional groups attached to an aromatic ring is 1. The van der Waals surface area contributed by atoms with Crippen LogP contribution in [0.15, 0.2) is 18.3 Å². The first kappa shape index (κ1) is 10.8. The Hall–Kier alpha value is -1.29. The molecule has 78 valence electrons. The zero-order chi connectivity index (χ0) is 10.4. The van der Waals surface area contributed by atoms with Crippen LogP contribution in [0.5, 0.6) is 0 Å². The largest absolute Gasteiger partial charge is 0.396 e. The van der Waals surface area contributed by atoms with Crippen molar-refractivity contribution in [1.82, 2.24) is 4.98 Å². The molecule has 0 aromatic carbocycles. The summed E-state index contributed by atoms with van der Waals surface area (Å²) in [6, 6.07) is 3.65. The number of rotatable bonds is 5. The first-order valence-electron chi connectivity index (χ1n) is 4.67. The van der Waals surface area contributed by atoms with Gasteiger partial charge in [-0.15, -0.1) is 0 Å². The first-order chi connectivity index (χ1) is 6.74. The van der Waals surface area contributed by atoms with Crippen LogP contribution in [-0.2, 0) is 4.74 Å². The minimum Gasteiger partial charge on any atom is -0.396 e. The zero-order valence-electron chi connectivity index (χ0n) is 8.66. The van der Waals surface area contributed by atoms with E-state index in [1.807, 2.05) is 12.1 Å². The van der Waals surface area contributed by atoms with E-state index in [1.165, 1.54) is 0 Å². The molecule has 0 amide bonds. The van der Waals surface area contributed by atoms with Crippen molar-refractivity contribution in [3.63, 3.8) is 0 Å². The zero-order valence-corrected chi connectivity index (χ0v) is 8.66. The minimum absolute atomic E-state index is 0.446. The molecule has 1 heterocycles. The molecule has 1 atom stereocenters. The smallest absolute Gasteiger partial charge is 0.149 e. The van der Waals surface area contributed by atoms with Crippen LogP contribution in [0.25, 0.3) is 0 Å². The molecule has 0 aliphatic heterocycles. The van der Waals surface area contributed by atoms with Gasteiger partial charge in [0, 0.05) is 19.9 Å². The summed E-state index contributed by atoms with van der Waals surface area (Å²) in [4.78, 5) is 4.13. The lowest BCUT2D eigenvalue weighted by Crippen LogP contribution is -2.17. The molecule has 0 saturated heterocycles. The molecule has 14 heavy (non-hydrogen) atoms. The average molecular weight is 195 g/mol. The monoisotopic (exact) mass is 195 g/mol. The Labute approximate surface area is 84.5 Å². The molecule has 3 N–H and O–H groups in total. The van der Waals surface area contributed by atoms with E-state index < -0.39 is 0 Å². The quantitative estimate of drug-likeness (QED) is 0.744. The molecule has 0 aliphatic rings. The van der Waals surface area contributed by atoms with Crippen LogP contribution in [0.4, 0.5) is 11.5 Å². The lowest BCUT2D eigenvalue weighted by atomic mass is 10.2. The van der Waals surface area contributed by atoms with Crippen LogP contribution >= 0.6 is 0 Å². The van der Waals surface area contributed by atoms with Crippen molar-refractivity contribution in [2.75, 3.05) is 31.3 Å². The van der Waals surface area contributed by atoms with Crippen LogP contribution in [0.2, 0.25) is 0 Å². The van der Waals surface area contributed by atoms with Gasteiger partial charge in [0.1, 0.15) is 5.82 Å². The molecule has 0 fully saturated rings. The third kappa shape index (κ3) is 3.22. The molecule has 4 heteroatoms. The number of hydrogen-bond acceptors (Lipinski definition) is 4. The number of nitrogens with zero attached hydrogens (tertiary/aromatic N) is 1. The molecule has 1 aromatic heterocycles. The highest BCUT2D eigenvalue weighted by molar-refractivity contribution is 5.60. The number of methoxy groups -OCH3 is 1. The van der Waals surface area contributed by atoms with Gasteiger partial charge >= 0.3 is 0 Å². The van der Waals surface area contributed by atoms with E-state index in [-0.39, 0.29) is 0 Å².